The van der Waals surface area contributed by atoms with Crippen molar-refractivity contribution in [3.63, 3.8) is 0 Å². The molecule has 106 valence electrons. The number of nitrogens with zero attached hydrogens (tertiary/aromatic N) is 1. The van der Waals surface area contributed by atoms with Crippen molar-refractivity contribution < 1.29 is 8.78 Å². The zero-order chi connectivity index (χ0) is 14.5. The maximum absolute atomic E-state index is 14.0. The summed E-state index contributed by atoms with van der Waals surface area (Å²) in [6.45, 7) is 4.59. The largest absolute Gasteiger partial charge is 0.306 e. The predicted octanol–water partition coefficient (Wildman–Crippen LogP) is 3.76. The van der Waals surface area contributed by atoms with Crippen molar-refractivity contribution in [3.8, 4) is 0 Å². The average Bonchev–Trinajstić information content (AvgIpc) is 2.42. The third-order valence-electron chi connectivity index (χ3n) is 3.12. The van der Waals surface area contributed by atoms with E-state index >= 15 is 0 Å². The number of hydrogen-bond donors (Lipinski definition) is 1. The Morgan fingerprint density at radius 2 is 1.90 bits per heavy atom. The quantitative estimate of drug-likeness (QED) is 0.899. The zero-order valence-corrected chi connectivity index (χ0v) is 11.7. The molecule has 0 fully saturated rings. The fourth-order valence-corrected chi connectivity index (χ4v) is 2.20. The number of benzene rings is 1. The van der Waals surface area contributed by atoms with E-state index in [1.807, 2.05) is 19.9 Å². The molecule has 0 radical (unpaired) electrons. The number of hydrogen-bond acceptors (Lipinski definition) is 2. The SMILES string of the molecule is CCCNC(c1cncc(C)c1)c1c(F)cccc1F. The molecule has 0 bridgehead atoms. The van der Waals surface area contributed by atoms with Gasteiger partial charge >= 0.3 is 0 Å². The number of rotatable bonds is 5. The fraction of sp³-hybridized carbons (Fsp3) is 0.312. The minimum absolute atomic E-state index is 0.0494. The molecule has 2 rings (SSSR count). The molecular formula is C16H18F2N2. The van der Waals surface area contributed by atoms with Crippen LogP contribution in [-0.4, -0.2) is 11.5 Å². The molecule has 2 nitrogen and oxygen atoms in total. The molecule has 0 saturated carbocycles. The van der Waals surface area contributed by atoms with Gasteiger partial charge in [-0.1, -0.05) is 19.1 Å². The zero-order valence-electron chi connectivity index (χ0n) is 11.7. The van der Waals surface area contributed by atoms with Crippen molar-refractivity contribution in [2.75, 3.05) is 6.54 Å². The van der Waals surface area contributed by atoms with Gasteiger partial charge in [-0.2, -0.15) is 0 Å². The molecule has 1 N–H and O–H groups in total. The molecule has 0 saturated heterocycles. The first-order valence-electron chi connectivity index (χ1n) is 6.72. The molecule has 20 heavy (non-hydrogen) atoms. The van der Waals surface area contributed by atoms with E-state index < -0.39 is 17.7 Å². The van der Waals surface area contributed by atoms with Gasteiger partial charge < -0.3 is 5.32 Å². The highest BCUT2D eigenvalue weighted by Crippen LogP contribution is 2.27. The molecule has 0 aliphatic carbocycles. The summed E-state index contributed by atoms with van der Waals surface area (Å²) in [5.41, 5.74) is 1.78. The number of aryl methyl sites for hydroxylation is 1. The number of pyridine rings is 1. The third-order valence-corrected chi connectivity index (χ3v) is 3.12. The molecule has 1 aromatic carbocycles. The summed E-state index contributed by atoms with van der Waals surface area (Å²) in [4.78, 5) is 4.11. The third kappa shape index (κ3) is 3.20. The van der Waals surface area contributed by atoms with Crippen LogP contribution in [0.1, 0.15) is 36.1 Å². The van der Waals surface area contributed by atoms with Crippen molar-refractivity contribution in [2.45, 2.75) is 26.3 Å². The maximum atomic E-state index is 14.0. The Bertz CT molecular complexity index is 564. The Hall–Kier alpha value is -1.81. The van der Waals surface area contributed by atoms with Crippen LogP contribution in [0.25, 0.3) is 0 Å². The average molecular weight is 276 g/mol. The minimum Gasteiger partial charge on any atom is -0.306 e. The number of aromatic nitrogens is 1. The van der Waals surface area contributed by atoms with Gasteiger partial charge in [0.1, 0.15) is 11.6 Å². The molecule has 0 aliphatic rings. The standard InChI is InChI=1S/C16H18F2N2/c1-3-7-20-16(12-8-11(2)9-19-10-12)15-13(17)5-4-6-14(15)18/h4-6,8-10,16,20H,3,7H2,1-2H3. The van der Waals surface area contributed by atoms with Crippen LogP contribution < -0.4 is 5.32 Å². The van der Waals surface area contributed by atoms with Gasteiger partial charge in [-0.3, -0.25) is 4.98 Å². The Balaban J connectivity index is 2.47. The van der Waals surface area contributed by atoms with E-state index in [-0.39, 0.29) is 5.56 Å². The summed E-state index contributed by atoms with van der Waals surface area (Å²) < 4.78 is 28.0. The van der Waals surface area contributed by atoms with Gasteiger partial charge in [-0.05, 0) is 43.1 Å². The first-order chi connectivity index (χ1) is 9.63. The smallest absolute Gasteiger partial charge is 0.131 e. The van der Waals surface area contributed by atoms with Gasteiger partial charge in [0.05, 0.1) is 6.04 Å². The molecule has 1 unspecified atom stereocenters. The highest BCUT2D eigenvalue weighted by atomic mass is 19.1. The molecular weight excluding hydrogens is 258 g/mol. The Morgan fingerprint density at radius 3 is 2.50 bits per heavy atom. The predicted molar refractivity (Wildman–Crippen MR) is 75.5 cm³/mol. The van der Waals surface area contributed by atoms with Gasteiger partial charge in [0.15, 0.2) is 0 Å². The van der Waals surface area contributed by atoms with Crippen molar-refractivity contribution in [2.24, 2.45) is 0 Å². The summed E-state index contributed by atoms with van der Waals surface area (Å²) in [6.07, 6.45) is 4.25. The summed E-state index contributed by atoms with van der Waals surface area (Å²) in [5.74, 6) is -1.08. The van der Waals surface area contributed by atoms with Crippen LogP contribution in [-0.2, 0) is 0 Å². The van der Waals surface area contributed by atoms with E-state index in [1.165, 1.54) is 18.2 Å². The van der Waals surface area contributed by atoms with E-state index in [9.17, 15) is 8.78 Å². The van der Waals surface area contributed by atoms with Crippen molar-refractivity contribution in [1.29, 1.82) is 0 Å². The summed E-state index contributed by atoms with van der Waals surface area (Å²) in [6, 6.07) is 5.31. The Morgan fingerprint density at radius 1 is 1.20 bits per heavy atom. The van der Waals surface area contributed by atoms with Crippen LogP contribution >= 0.6 is 0 Å². The lowest BCUT2D eigenvalue weighted by Gasteiger charge is -2.20. The molecule has 4 heteroatoms. The molecule has 1 aromatic heterocycles. The van der Waals surface area contributed by atoms with E-state index in [1.54, 1.807) is 12.4 Å². The second-order valence-electron chi connectivity index (χ2n) is 4.82. The Labute approximate surface area is 117 Å². The Kier molecular flexibility index (Phi) is 4.79. The topological polar surface area (TPSA) is 24.9 Å². The number of halogens is 2. The van der Waals surface area contributed by atoms with Gasteiger partial charge in [-0.15, -0.1) is 0 Å². The molecule has 1 atom stereocenters. The van der Waals surface area contributed by atoms with E-state index in [4.69, 9.17) is 0 Å². The van der Waals surface area contributed by atoms with Gasteiger partial charge in [-0.25, -0.2) is 8.78 Å². The fourth-order valence-electron chi connectivity index (χ4n) is 2.20. The van der Waals surface area contributed by atoms with E-state index in [0.29, 0.717) is 6.54 Å². The lowest BCUT2D eigenvalue weighted by atomic mass is 9.98. The van der Waals surface area contributed by atoms with Gasteiger partial charge in [0.2, 0.25) is 0 Å². The summed E-state index contributed by atoms with van der Waals surface area (Å²) in [7, 11) is 0. The molecule has 0 aliphatic heterocycles. The van der Waals surface area contributed by atoms with Crippen molar-refractivity contribution in [1.82, 2.24) is 10.3 Å². The van der Waals surface area contributed by atoms with Crippen LogP contribution in [0, 0.1) is 18.6 Å². The molecule has 1 heterocycles. The highest BCUT2D eigenvalue weighted by molar-refractivity contribution is 5.33. The second-order valence-corrected chi connectivity index (χ2v) is 4.82. The highest BCUT2D eigenvalue weighted by Gasteiger charge is 2.21. The summed E-state index contributed by atoms with van der Waals surface area (Å²) >= 11 is 0. The van der Waals surface area contributed by atoms with Crippen molar-refractivity contribution in [3.05, 3.63) is 65.0 Å². The van der Waals surface area contributed by atoms with Crippen molar-refractivity contribution >= 4 is 0 Å². The van der Waals surface area contributed by atoms with Crippen LogP contribution in [0.5, 0.6) is 0 Å². The lowest BCUT2D eigenvalue weighted by molar-refractivity contribution is 0.502. The summed E-state index contributed by atoms with van der Waals surface area (Å²) in [5, 5.41) is 3.19. The van der Waals surface area contributed by atoms with Crippen LogP contribution in [0.2, 0.25) is 0 Å². The molecule has 0 amide bonds. The van der Waals surface area contributed by atoms with E-state index in [2.05, 4.69) is 10.3 Å². The monoisotopic (exact) mass is 276 g/mol. The van der Waals surface area contributed by atoms with Gasteiger partial charge in [0, 0.05) is 18.0 Å². The lowest BCUT2D eigenvalue weighted by Crippen LogP contribution is -2.25. The molecule has 0 spiro atoms. The van der Waals surface area contributed by atoms with Crippen LogP contribution in [0.4, 0.5) is 8.78 Å². The van der Waals surface area contributed by atoms with Crippen LogP contribution in [0.3, 0.4) is 0 Å². The molecule has 2 aromatic rings. The van der Waals surface area contributed by atoms with Crippen LogP contribution in [0.15, 0.2) is 36.7 Å². The van der Waals surface area contributed by atoms with E-state index in [0.717, 1.165) is 17.5 Å². The number of nitrogens with one attached hydrogen (secondary N) is 1. The van der Waals surface area contributed by atoms with Gasteiger partial charge in [0.25, 0.3) is 0 Å². The second kappa shape index (κ2) is 6.57. The maximum Gasteiger partial charge on any atom is 0.131 e. The normalized spacial score (nSPS) is 12.4. The first kappa shape index (κ1) is 14.6. The first-order valence-corrected chi connectivity index (χ1v) is 6.72. The minimum atomic E-state index is -0.542.